The average molecular weight is 206 g/mol. The van der Waals surface area contributed by atoms with Crippen LogP contribution in [0, 0.1) is 11.3 Å². The van der Waals surface area contributed by atoms with E-state index in [0.717, 1.165) is 5.69 Å². The number of anilines is 1. The largest absolute Gasteiger partial charge is 0.471 e. The predicted molar refractivity (Wildman–Crippen MR) is 59.0 cm³/mol. The SMILES string of the molecule is CCOC(=S)Nc1ccc(C#N)cc1. The van der Waals surface area contributed by atoms with E-state index in [-0.39, 0.29) is 0 Å². The second-order valence-electron chi connectivity index (χ2n) is 2.53. The summed E-state index contributed by atoms with van der Waals surface area (Å²) in [5.41, 5.74) is 1.44. The lowest BCUT2D eigenvalue weighted by molar-refractivity contribution is 0.335. The summed E-state index contributed by atoms with van der Waals surface area (Å²) in [6, 6.07) is 9.04. The number of rotatable bonds is 2. The highest BCUT2D eigenvalue weighted by Crippen LogP contribution is 2.08. The van der Waals surface area contributed by atoms with Crippen LogP contribution in [0.1, 0.15) is 12.5 Å². The molecule has 0 bridgehead atoms. The fourth-order valence-corrected chi connectivity index (χ4v) is 1.15. The molecule has 0 fully saturated rings. The number of thiocarbonyl (C=S) groups is 1. The number of hydrogen-bond donors (Lipinski definition) is 1. The van der Waals surface area contributed by atoms with Gasteiger partial charge in [0.1, 0.15) is 0 Å². The molecule has 0 aliphatic carbocycles. The van der Waals surface area contributed by atoms with Gasteiger partial charge in [0.15, 0.2) is 0 Å². The van der Waals surface area contributed by atoms with Crippen LogP contribution in [0.2, 0.25) is 0 Å². The highest BCUT2D eigenvalue weighted by atomic mass is 32.1. The van der Waals surface area contributed by atoms with E-state index in [2.05, 4.69) is 5.32 Å². The molecule has 4 heteroatoms. The zero-order valence-corrected chi connectivity index (χ0v) is 8.60. The van der Waals surface area contributed by atoms with Crippen LogP contribution in [0.4, 0.5) is 5.69 Å². The number of nitriles is 1. The molecule has 0 aliphatic rings. The van der Waals surface area contributed by atoms with Crippen molar-refractivity contribution in [3.63, 3.8) is 0 Å². The zero-order valence-electron chi connectivity index (χ0n) is 7.78. The summed E-state index contributed by atoms with van der Waals surface area (Å²) < 4.78 is 5.06. The first kappa shape index (κ1) is 10.5. The first-order valence-corrected chi connectivity index (χ1v) is 4.61. The van der Waals surface area contributed by atoms with Crippen LogP contribution in [-0.2, 0) is 4.74 Å². The van der Waals surface area contributed by atoms with Gasteiger partial charge in [-0.05, 0) is 43.4 Å². The Morgan fingerprint density at radius 2 is 2.14 bits per heavy atom. The molecular weight excluding hydrogens is 196 g/mol. The monoisotopic (exact) mass is 206 g/mol. The Hall–Kier alpha value is -1.60. The van der Waals surface area contributed by atoms with Gasteiger partial charge in [0.2, 0.25) is 0 Å². The van der Waals surface area contributed by atoms with Crippen LogP contribution >= 0.6 is 12.2 Å². The van der Waals surface area contributed by atoms with Crippen LogP contribution in [-0.4, -0.2) is 11.8 Å². The van der Waals surface area contributed by atoms with Gasteiger partial charge in [0.05, 0.1) is 18.2 Å². The van der Waals surface area contributed by atoms with Gasteiger partial charge >= 0.3 is 0 Å². The van der Waals surface area contributed by atoms with Crippen molar-refractivity contribution >= 4 is 23.1 Å². The molecule has 0 saturated heterocycles. The van der Waals surface area contributed by atoms with E-state index < -0.39 is 0 Å². The molecule has 3 nitrogen and oxygen atoms in total. The average Bonchev–Trinajstić information content (AvgIpc) is 2.19. The van der Waals surface area contributed by atoms with Gasteiger partial charge in [-0.1, -0.05) is 0 Å². The van der Waals surface area contributed by atoms with Crippen molar-refractivity contribution in [2.24, 2.45) is 0 Å². The summed E-state index contributed by atoms with van der Waals surface area (Å²) in [5, 5.41) is 11.8. The fraction of sp³-hybridized carbons (Fsp3) is 0.200. The van der Waals surface area contributed by atoms with E-state index >= 15 is 0 Å². The number of benzene rings is 1. The third-order valence-corrected chi connectivity index (χ3v) is 1.76. The second kappa shape index (κ2) is 5.20. The van der Waals surface area contributed by atoms with Crippen molar-refractivity contribution in [3.8, 4) is 6.07 Å². The van der Waals surface area contributed by atoms with E-state index in [4.69, 9.17) is 22.2 Å². The predicted octanol–water partition coefficient (Wildman–Crippen LogP) is 2.29. The van der Waals surface area contributed by atoms with E-state index in [1.807, 2.05) is 13.0 Å². The number of nitrogens with zero attached hydrogens (tertiary/aromatic N) is 1. The molecule has 1 rings (SSSR count). The summed E-state index contributed by atoms with van der Waals surface area (Å²) in [7, 11) is 0. The quantitative estimate of drug-likeness (QED) is 0.754. The molecule has 0 amide bonds. The molecule has 0 atom stereocenters. The molecule has 0 aromatic heterocycles. The molecule has 0 heterocycles. The number of hydrogen-bond acceptors (Lipinski definition) is 3. The summed E-state index contributed by atoms with van der Waals surface area (Å²) >= 11 is 4.90. The van der Waals surface area contributed by atoms with E-state index in [1.54, 1.807) is 24.3 Å². The summed E-state index contributed by atoms with van der Waals surface area (Å²) in [5.74, 6) is 0. The van der Waals surface area contributed by atoms with Crippen molar-refractivity contribution in [1.29, 1.82) is 5.26 Å². The highest BCUT2D eigenvalue weighted by molar-refractivity contribution is 7.80. The molecule has 1 aromatic rings. The maximum Gasteiger partial charge on any atom is 0.261 e. The third kappa shape index (κ3) is 3.04. The van der Waals surface area contributed by atoms with Gasteiger partial charge in [0.25, 0.3) is 5.17 Å². The minimum absolute atomic E-state index is 0.345. The lowest BCUT2D eigenvalue weighted by Crippen LogP contribution is -2.12. The molecule has 0 saturated carbocycles. The molecule has 1 aromatic carbocycles. The van der Waals surface area contributed by atoms with Crippen LogP contribution in [0.5, 0.6) is 0 Å². The summed E-state index contributed by atoms with van der Waals surface area (Å²) in [6.07, 6.45) is 0. The molecule has 0 radical (unpaired) electrons. The zero-order chi connectivity index (χ0) is 10.4. The van der Waals surface area contributed by atoms with Crippen LogP contribution in [0.3, 0.4) is 0 Å². The summed E-state index contributed by atoms with van der Waals surface area (Å²) in [4.78, 5) is 0. The van der Waals surface area contributed by atoms with E-state index in [1.165, 1.54) is 0 Å². The van der Waals surface area contributed by atoms with Gasteiger partial charge in [0, 0.05) is 5.69 Å². The van der Waals surface area contributed by atoms with Crippen LogP contribution in [0.25, 0.3) is 0 Å². The van der Waals surface area contributed by atoms with Gasteiger partial charge in [-0.25, -0.2) is 0 Å². The Labute approximate surface area is 88.3 Å². The molecule has 0 spiro atoms. The summed E-state index contributed by atoms with van der Waals surface area (Å²) in [6.45, 7) is 2.41. The molecule has 1 N–H and O–H groups in total. The van der Waals surface area contributed by atoms with E-state index in [9.17, 15) is 0 Å². The second-order valence-corrected chi connectivity index (χ2v) is 2.91. The van der Waals surface area contributed by atoms with Crippen LogP contribution < -0.4 is 5.32 Å². The van der Waals surface area contributed by atoms with Gasteiger partial charge in [-0.15, -0.1) is 0 Å². The lowest BCUT2D eigenvalue weighted by Gasteiger charge is -2.07. The Bertz CT molecular complexity index is 353. The first-order valence-electron chi connectivity index (χ1n) is 4.20. The van der Waals surface area contributed by atoms with Gasteiger partial charge in [-0.3, -0.25) is 0 Å². The van der Waals surface area contributed by atoms with Gasteiger partial charge < -0.3 is 10.1 Å². The first-order chi connectivity index (χ1) is 6.76. The van der Waals surface area contributed by atoms with E-state index in [0.29, 0.717) is 17.3 Å². The van der Waals surface area contributed by atoms with Crippen molar-refractivity contribution in [3.05, 3.63) is 29.8 Å². The Morgan fingerprint density at radius 1 is 1.50 bits per heavy atom. The van der Waals surface area contributed by atoms with Crippen molar-refractivity contribution in [1.82, 2.24) is 0 Å². The Morgan fingerprint density at radius 3 is 2.64 bits per heavy atom. The highest BCUT2D eigenvalue weighted by Gasteiger charge is 1.97. The number of ether oxygens (including phenoxy) is 1. The normalized spacial score (nSPS) is 8.86. The minimum Gasteiger partial charge on any atom is -0.471 e. The molecule has 0 unspecified atom stereocenters. The molecular formula is C10H10N2OS. The Balaban J connectivity index is 2.61. The smallest absolute Gasteiger partial charge is 0.261 e. The molecule has 72 valence electrons. The maximum atomic E-state index is 8.57. The minimum atomic E-state index is 0.345. The van der Waals surface area contributed by atoms with Crippen LogP contribution in [0.15, 0.2) is 24.3 Å². The topological polar surface area (TPSA) is 45.0 Å². The third-order valence-electron chi connectivity index (χ3n) is 1.54. The fourth-order valence-electron chi connectivity index (χ4n) is 0.913. The standard InChI is InChI=1S/C10H10N2OS/c1-2-13-10(14)12-9-5-3-8(7-11)4-6-9/h3-6H,2H2,1H3,(H,12,14). The Kier molecular flexibility index (Phi) is 3.89. The molecule has 0 aliphatic heterocycles. The van der Waals surface area contributed by atoms with Gasteiger partial charge in [-0.2, -0.15) is 5.26 Å². The number of nitrogens with one attached hydrogen (secondary N) is 1. The lowest BCUT2D eigenvalue weighted by atomic mass is 10.2. The van der Waals surface area contributed by atoms with Crippen molar-refractivity contribution < 1.29 is 4.74 Å². The van der Waals surface area contributed by atoms with Crippen molar-refractivity contribution in [2.45, 2.75) is 6.92 Å². The maximum absolute atomic E-state index is 8.57. The van der Waals surface area contributed by atoms with Crippen molar-refractivity contribution in [2.75, 3.05) is 11.9 Å². The molecule has 14 heavy (non-hydrogen) atoms.